The summed E-state index contributed by atoms with van der Waals surface area (Å²) in [4.78, 5) is 4.54. The summed E-state index contributed by atoms with van der Waals surface area (Å²) in [5, 5.41) is 8.10. The Kier molecular flexibility index (Phi) is 6.22. The fourth-order valence-corrected chi connectivity index (χ4v) is 3.50. The van der Waals surface area contributed by atoms with Gasteiger partial charge in [-0.3, -0.25) is 4.68 Å². The van der Waals surface area contributed by atoms with E-state index >= 15 is 0 Å². The Morgan fingerprint density at radius 1 is 1.29 bits per heavy atom. The first kappa shape index (κ1) is 16.5. The van der Waals surface area contributed by atoms with Gasteiger partial charge >= 0.3 is 0 Å². The zero-order chi connectivity index (χ0) is 15.1. The first-order valence-electron chi connectivity index (χ1n) is 8.72. The van der Waals surface area contributed by atoms with Gasteiger partial charge in [-0.1, -0.05) is 40.0 Å². The van der Waals surface area contributed by atoms with Crippen LogP contribution in [0.4, 0.5) is 0 Å². The van der Waals surface area contributed by atoms with Crippen molar-refractivity contribution in [1.82, 2.24) is 20.1 Å². The predicted octanol–water partition coefficient (Wildman–Crippen LogP) is 3.43. The summed E-state index contributed by atoms with van der Waals surface area (Å²) < 4.78 is 2.11. The molecule has 0 spiro atoms. The summed E-state index contributed by atoms with van der Waals surface area (Å²) in [7, 11) is 0. The highest BCUT2D eigenvalue weighted by atomic mass is 15.3. The van der Waals surface area contributed by atoms with E-state index in [0.717, 1.165) is 38.4 Å². The lowest BCUT2D eigenvalue weighted by Gasteiger charge is -2.37. The molecular formula is C17H32N4. The zero-order valence-electron chi connectivity index (χ0n) is 14.1. The summed E-state index contributed by atoms with van der Waals surface area (Å²) in [5.41, 5.74) is 0.395. The van der Waals surface area contributed by atoms with Gasteiger partial charge < -0.3 is 5.32 Å². The second-order valence-corrected chi connectivity index (χ2v) is 7.16. The fraction of sp³-hybridized carbons (Fsp3) is 0.882. The Labute approximate surface area is 129 Å². The first-order valence-corrected chi connectivity index (χ1v) is 8.72. The van der Waals surface area contributed by atoms with Gasteiger partial charge in [0.1, 0.15) is 12.2 Å². The van der Waals surface area contributed by atoms with Gasteiger partial charge in [0.05, 0.1) is 0 Å². The molecular weight excluding hydrogens is 260 g/mol. The summed E-state index contributed by atoms with van der Waals surface area (Å²) in [6, 6.07) is 0. The third-order valence-corrected chi connectivity index (χ3v) is 4.63. The lowest BCUT2D eigenvalue weighted by atomic mass is 9.71. The van der Waals surface area contributed by atoms with E-state index < -0.39 is 0 Å². The first-order chi connectivity index (χ1) is 10.2. The highest BCUT2D eigenvalue weighted by molar-refractivity contribution is 4.97. The van der Waals surface area contributed by atoms with Crippen LogP contribution in [-0.2, 0) is 13.0 Å². The Hall–Kier alpha value is -0.900. The summed E-state index contributed by atoms with van der Waals surface area (Å²) in [6.45, 7) is 9.99. The molecule has 0 atom stereocenters. The molecule has 4 heteroatoms. The maximum absolute atomic E-state index is 4.54. The van der Waals surface area contributed by atoms with Crippen LogP contribution in [0, 0.1) is 11.3 Å². The fourth-order valence-electron chi connectivity index (χ4n) is 3.50. The van der Waals surface area contributed by atoms with Gasteiger partial charge in [-0.15, -0.1) is 0 Å². The van der Waals surface area contributed by atoms with Crippen LogP contribution in [-0.4, -0.2) is 27.9 Å². The SMILES string of the molecule is CCCn1ncnc1CC1(CNCC(C)C)CCCCC1. The van der Waals surface area contributed by atoms with Gasteiger partial charge in [0.25, 0.3) is 0 Å². The number of nitrogens with zero attached hydrogens (tertiary/aromatic N) is 3. The van der Waals surface area contributed by atoms with Gasteiger partial charge in [-0.2, -0.15) is 5.10 Å². The Bertz CT molecular complexity index is 405. The molecule has 4 nitrogen and oxygen atoms in total. The van der Waals surface area contributed by atoms with Crippen LogP contribution in [0.1, 0.15) is 65.1 Å². The molecule has 2 rings (SSSR count). The minimum atomic E-state index is 0.395. The summed E-state index contributed by atoms with van der Waals surface area (Å²) in [6.07, 6.45) is 10.7. The second kappa shape index (κ2) is 7.92. The molecule has 0 amide bonds. The highest BCUT2D eigenvalue weighted by Gasteiger charge is 2.33. The topological polar surface area (TPSA) is 42.7 Å². The molecule has 1 fully saturated rings. The van der Waals surface area contributed by atoms with Gasteiger partial charge in [0.2, 0.25) is 0 Å². The minimum Gasteiger partial charge on any atom is -0.316 e. The lowest BCUT2D eigenvalue weighted by Crippen LogP contribution is -2.39. The number of rotatable bonds is 8. The lowest BCUT2D eigenvalue weighted by molar-refractivity contribution is 0.173. The average molecular weight is 292 g/mol. The van der Waals surface area contributed by atoms with Crippen LogP contribution in [0.25, 0.3) is 0 Å². The maximum Gasteiger partial charge on any atom is 0.138 e. The quantitative estimate of drug-likeness (QED) is 0.798. The molecule has 1 aliphatic carbocycles. The molecule has 0 unspecified atom stereocenters. The monoisotopic (exact) mass is 292 g/mol. The number of nitrogens with one attached hydrogen (secondary N) is 1. The molecule has 1 N–H and O–H groups in total. The molecule has 1 aromatic rings. The van der Waals surface area contributed by atoms with Crippen LogP contribution in [0.5, 0.6) is 0 Å². The van der Waals surface area contributed by atoms with Gasteiger partial charge in [0.15, 0.2) is 0 Å². The molecule has 1 saturated carbocycles. The molecule has 1 heterocycles. The molecule has 0 aliphatic heterocycles. The van der Waals surface area contributed by atoms with Crippen molar-refractivity contribution in [2.75, 3.05) is 13.1 Å². The molecule has 0 bridgehead atoms. The normalized spacial score (nSPS) is 18.3. The van der Waals surface area contributed by atoms with E-state index in [4.69, 9.17) is 0 Å². The summed E-state index contributed by atoms with van der Waals surface area (Å²) >= 11 is 0. The average Bonchev–Trinajstić information content (AvgIpc) is 2.87. The molecule has 1 aromatic heterocycles. The van der Waals surface area contributed by atoms with Crippen molar-refractivity contribution >= 4 is 0 Å². The van der Waals surface area contributed by atoms with Crippen molar-refractivity contribution < 1.29 is 0 Å². The van der Waals surface area contributed by atoms with E-state index in [0.29, 0.717) is 5.41 Å². The summed E-state index contributed by atoms with van der Waals surface area (Å²) in [5.74, 6) is 1.90. The third kappa shape index (κ3) is 4.80. The Morgan fingerprint density at radius 3 is 2.71 bits per heavy atom. The van der Waals surface area contributed by atoms with Gasteiger partial charge in [0, 0.05) is 19.5 Å². The molecule has 0 aromatic carbocycles. The van der Waals surface area contributed by atoms with Crippen molar-refractivity contribution in [2.45, 2.75) is 72.3 Å². The van der Waals surface area contributed by atoms with Crippen molar-refractivity contribution in [3.05, 3.63) is 12.2 Å². The van der Waals surface area contributed by atoms with Crippen LogP contribution in [0.2, 0.25) is 0 Å². The van der Waals surface area contributed by atoms with Crippen molar-refractivity contribution in [3.8, 4) is 0 Å². The van der Waals surface area contributed by atoms with E-state index in [2.05, 4.69) is 40.9 Å². The smallest absolute Gasteiger partial charge is 0.138 e. The van der Waals surface area contributed by atoms with Crippen LogP contribution in [0.3, 0.4) is 0 Å². The molecule has 120 valence electrons. The Morgan fingerprint density at radius 2 is 2.05 bits per heavy atom. The second-order valence-electron chi connectivity index (χ2n) is 7.16. The van der Waals surface area contributed by atoms with E-state index in [-0.39, 0.29) is 0 Å². The molecule has 1 aliphatic rings. The number of hydrogen-bond acceptors (Lipinski definition) is 3. The van der Waals surface area contributed by atoms with E-state index in [1.807, 2.05) is 0 Å². The number of aryl methyl sites for hydroxylation is 1. The largest absolute Gasteiger partial charge is 0.316 e. The maximum atomic E-state index is 4.54. The number of hydrogen-bond donors (Lipinski definition) is 1. The zero-order valence-corrected chi connectivity index (χ0v) is 14.1. The van der Waals surface area contributed by atoms with Crippen molar-refractivity contribution in [1.29, 1.82) is 0 Å². The molecule has 0 radical (unpaired) electrons. The van der Waals surface area contributed by atoms with Crippen molar-refractivity contribution in [2.24, 2.45) is 11.3 Å². The minimum absolute atomic E-state index is 0.395. The van der Waals surface area contributed by atoms with Crippen LogP contribution < -0.4 is 5.32 Å². The molecule has 21 heavy (non-hydrogen) atoms. The van der Waals surface area contributed by atoms with E-state index in [9.17, 15) is 0 Å². The standard InChI is InChI=1S/C17H32N4/c1-4-10-21-16(19-14-20-21)11-17(8-6-5-7-9-17)13-18-12-15(2)3/h14-15,18H,4-13H2,1-3H3. The Balaban J connectivity index is 2.02. The van der Waals surface area contributed by atoms with Crippen LogP contribution >= 0.6 is 0 Å². The third-order valence-electron chi connectivity index (χ3n) is 4.63. The van der Waals surface area contributed by atoms with Gasteiger partial charge in [-0.05, 0) is 37.1 Å². The van der Waals surface area contributed by atoms with Crippen molar-refractivity contribution in [3.63, 3.8) is 0 Å². The van der Waals surface area contributed by atoms with Crippen LogP contribution in [0.15, 0.2) is 6.33 Å². The highest BCUT2D eigenvalue weighted by Crippen LogP contribution is 2.38. The predicted molar refractivity (Wildman–Crippen MR) is 87.2 cm³/mol. The van der Waals surface area contributed by atoms with Gasteiger partial charge in [-0.25, -0.2) is 4.98 Å². The van der Waals surface area contributed by atoms with E-state index in [1.54, 1.807) is 6.33 Å². The number of aromatic nitrogens is 3. The van der Waals surface area contributed by atoms with E-state index in [1.165, 1.54) is 37.9 Å². The molecule has 0 saturated heterocycles.